The molecular formula is C14H14ClN3O3. The van der Waals surface area contributed by atoms with E-state index in [0.717, 1.165) is 0 Å². The summed E-state index contributed by atoms with van der Waals surface area (Å²) in [6.07, 6.45) is 0. The number of carbonyl (C=O) groups is 1. The average molecular weight is 308 g/mol. The lowest BCUT2D eigenvalue weighted by atomic mass is 10.2. The van der Waals surface area contributed by atoms with Crippen LogP contribution in [0.1, 0.15) is 16.2 Å². The number of hydrogen-bond donors (Lipinski definition) is 1. The number of carbonyl (C=O) groups excluding carboxylic acids is 1. The molecule has 2 aromatic rings. The van der Waals surface area contributed by atoms with Gasteiger partial charge in [0.05, 0.1) is 10.7 Å². The third-order valence-corrected chi connectivity index (χ3v) is 3.62. The fraction of sp³-hybridized carbons (Fsp3) is 0.286. The second-order valence-corrected chi connectivity index (χ2v) is 5.06. The third kappa shape index (κ3) is 2.54. The molecule has 3 rings (SSSR count). The maximum absolute atomic E-state index is 12.3. The lowest BCUT2D eigenvalue weighted by Crippen LogP contribution is -2.18. The highest BCUT2D eigenvalue weighted by molar-refractivity contribution is 6.34. The number of nitrogens with one attached hydrogen (secondary N) is 1. The molecule has 0 aliphatic carbocycles. The Hall–Kier alpha value is -2.21. The molecule has 1 amide bonds. The van der Waals surface area contributed by atoms with Gasteiger partial charge in [0.2, 0.25) is 0 Å². The van der Waals surface area contributed by atoms with Crippen LogP contribution in [0.25, 0.3) is 0 Å². The van der Waals surface area contributed by atoms with Crippen molar-refractivity contribution in [2.75, 3.05) is 18.5 Å². The molecule has 1 N–H and O–H groups in total. The molecule has 0 unspecified atom stereocenters. The summed E-state index contributed by atoms with van der Waals surface area (Å²) < 4.78 is 12.4. The first-order chi connectivity index (χ1) is 10.1. The molecular weight excluding hydrogens is 294 g/mol. The Labute approximate surface area is 126 Å². The number of benzene rings is 1. The molecule has 1 aliphatic rings. The summed E-state index contributed by atoms with van der Waals surface area (Å²) in [6.45, 7) is 2.78. The summed E-state index contributed by atoms with van der Waals surface area (Å²) in [4.78, 5) is 12.3. The number of rotatable bonds is 2. The van der Waals surface area contributed by atoms with Gasteiger partial charge in [-0.2, -0.15) is 5.10 Å². The van der Waals surface area contributed by atoms with Crippen LogP contribution in [-0.2, 0) is 7.05 Å². The van der Waals surface area contributed by atoms with Crippen LogP contribution in [0.2, 0.25) is 5.02 Å². The largest absolute Gasteiger partial charge is 0.486 e. The fourth-order valence-corrected chi connectivity index (χ4v) is 2.44. The predicted octanol–water partition coefficient (Wildman–Crippen LogP) is 2.41. The molecule has 1 aromatic carbocycles. The molecule has 0 bridgehead atoms. The van der Waals surface area contributed by atoms with Gasteiger partial charge in [-0.25, -0.2) is 0 Å². The van der Waals surface area contributed by atoms with Gasteiger partial charge in [0.25, 0.3) is 5.91 Å². The van der Waals surface area contributed by atoms with Gasteiger partial charge < -0.3 is 14.8 Å². The highest BCUT2D eigenvalue weighted by atomic mass is 35.5. The molecule has 110 valence electrons. The molecule has 0 saturated carbocycles. The maximum Gasteiger partial charge on any atom is 0.275 e. The van der Waals surface area contributed by atoms with E-state index in [2.05, 4.69) is 10.4 Å². The quantitative estimate of drug-likeness (QED) is 0.925. The standard InChI is InChI=1S/C14H14ClN3O3/c1-8-12(15)13(18(2)17-8)14(19)16-9-3-4-10-11(7-9)21-6-5-20-10/h3-4,7H,5-6H2,1-2H3,(H,16,19). The molecule has 1 aromatic heterocycles. The topological polar surface area (TPSA) is 65.4 Å². The summed E-state index contributed by atoms with van der Waals surface area (Å²) in [7, 11) is 1.68. The van der Waals surface area contributed by atoms with Gasteiger partial charge in [0, 0.05) is 18.8 Å². The molecule has 0 fully saturated rings. The summed E-state index contributed by atoms with van der Waals surface area (Å²) in [5, 5.41) is 7.26. The SMILES string of the molecule is Cc1nn(C)c(C(=O)Nc2ccc3c(c2)OCCO3)c1Cl. The number of halogens is 1. The number of aryl methyl sites for hydroxylation is 2. The predicted molar refractivity (Wildman–Crippen MR) is 78.3 cm³/mol. The van der Waals surface area contributed by atoms with Crippen LogP contribution >= 0.6 is 11.6 Å². The average Bonchev–Trinajstić information content (AvgIpc) is 2.72. The Kier molecular flexibility index (Phi) is 3.47. The van der Waals surface area contributed by atoms with Crippen LogP contribution in [0.15, 0.2) is 18.2 Å². The summed E-state index contributed by atoms with van der Waals surface area (Å²) in [5.41, 5.74) is 1.55. The molecule has 7 heteroatoms. The van der Waals surface area contributed by atoms with E-state index >= 15 is 0 Å². The summed E-state index contributed by atoms with van der Waals surface area (Å²) >= 11 is 6.10. The van der Waals surface area contributed by atoms with E-state index < -0.39 is 0 Å². The Morgan fingerprint density at radius 2 is 2.05 bits per heavy atom. The summed E-state index contributed by atoms with van der Waals surface area (Å²) in [5.74, 6) is 0.972. The Bertz CT molecular complexity index is 712. The van der Waals surface area contributed by atoms with Crippen LogP contribution in [0, 0.1) is 6.92 Å². The van der Waals surface area contributed by atoms with Crippen molar-refractivity contribution < 1.29 is 14.3 Å². The number of aromatic nitrogens is 2. The number of ether oxygens (including phenoxy) is 2. The van der Waals surface area contributed by atoms with Crippen LogP contribution in [0.3, 0.4) is 0 Å². The van der Waals surface area contributed by atoms with E-state index in [9.17, 15) is 4.79 Å². The minimum Gasteiger partial charge on any atom is -0.486 e. The van der Waals surface area contributed by atoms with E-state index in [1.165, 1.54) is 4.68 Å². The smallest absolute Gasteiger partial charge is 0.275 e. The second kappa shape index (κ2) is 5.29. The highest BCUT2D eigenvalue weighted by Gasteiger charge is 2.19. The first-order valence-electron chi connectivity index (χ1n) is 6.46. The van der Waals surface area contributed by atoms with E-state index in [-0.39, 0.29) is 5.91 Å². The second-order valence-electron chi connectivity index (χ2n) is 4.68. The fourth-order valence-electron chi connectivity index (χ4n) is 2.19. The van der Waals surface area contributed by atoms with Crippen molar-refractivity contribution in [3.63, 3.8) is 0 Å². The number of nitrogens with zero attached hydrogens (tertiary/aromatic N) is 2. The van der Waals surface area contributed by atoms with Crippen molar-refractivity contribution >= 4 is 23.2 Å². The minimum absolute atomic E-state index is 0.320. The Morgan fingerprint density at radius 1 is 1.33 bits per heavy atom. The van der Waals surface area contributed by atoms with E-state index in [4.69, 9.17) is 21.1 Å². The van der Waals surface area contributed by atoms with Gasteiger partial charge in [0.1, 0.15) is 18.9 Å². The molecule has 0 spiro atoms. The van der Waals surface area contributed by atoms with E-state index in [1.54, 1.807) is 32.2 Å². The van der Waals surface area contributed by atoms with Gasteiger partial charge in [-0.15, -0.1) is 0 Å². The minimum atomic E-state index is -0.320. The number of hydrogen-bond acceptors (Lipinski definition) is 4. The Balaban J connectivity index is 1.84. The zero-order valence-electron chi connectivity index (χ0n) is 11.6. The first kappa shape index (κ1) is 13.8. The monoisotopic (exact) mass is 307 g/mol. The van der Waals surface area contributed by atoms with Gasteiger partial charge in [0.15, 0.2) is 11.5 Å². The van der Waals surface area contributed by atoms with E-state index in [1.807, 2.05) is 0 Å². The van der Waals surface area contributed by atoms with Crippen LogP contribution in [0.5, 0.6) is 11.5 Å². The van der Waals surface area contributed by atoms with Crippen molar-refractivity contribution in [1.82, 2.24) is 9.78 Å². The molecule has 2 heterocycles. The zero-order valence-corrected chi connectivity index (χ0v) is 12.4. The van der Waals surface area contributed by atoms with Gasteiger partial charge in [-0.1, -0.05) is 11.6 Å². The lowest BCUT2D eigenvalue weighted by molar-refractivity contribution is 0.101. The summed E-state index contributed by atoms with van der Waals surface area (Å²) in [6, 6.07) is 5.24. The van der Waals surface area contributed by atoms with Crippen molar-refractivity contribution in [3.8, 4) is 11.5 Å². The van der Waals surface area contributed by atoms with Gasteiger partial charge in [-0.05, 0) is 19.1 Å². The zero-order chi connectivity index (χ0) is 15.0. The molecule has 6 nitrogen and oxygen atoms in total. The van der Waals surface area contributed by atoms with Crippen molar-refractivity contribution in [3.05, 3.63) is 34.6 Å². The van der Waals surface area contributed by atoms with Crippen molar-refractivity contribution in [1.29, 1.82) is 0 Å². The number of anilines is 1. The van der Waals surface area contributed by atoms with E-state index in [0.29, 0.717) is 46.8 Å². The Morgan fingerprint density at radius 3 is 2.71 bits per heavy atom. The number of fused-ring (bicyclic) bond motifs is 1. The molecule has 1 aliphatic heterocycles. The van der Waals surface area contributed by atoms with Crippen LogP contribution in [-0.4, -0.2) is 28.9 Å². The molecule has 0 atom stereocenters. The van der Waals surface area contributed by atoms with Gasteiger partial charge >= 0.3 is 0 Å². The molecule has 0 radical (unpaired) electrons. The molecule has 0 saturated heterocycles. The van der Waals surface area contributed by atoms with Crippen LogP contribution < -0.4 is 14.8 Å². The van der Waals surface area contributed by atoms with Gasteiger partial charge in [-0.3, -0.25) is 9.48 Å². The lowest BCUT2D eigenvalue weighted by Gasteiger charge is -2.19. The van der Waals surface area contributed by atoms with Crippen molar-refractivity contribution in [2.24, 2.45) is 7.05 Å². The third-order valence-electron chi connectivity index (χ3n) is 3.16. The first-order valence-corrected chi connectivity index (χ1v) is 6.84. The molecule has 21 heavy (non-hydrogen) atoms. The maximum atomic E-state index is 12.3. The normalized spacial score (nSPS) is 13.1. The van der Waals surface area contributed by atoms with Crippen molar-refractivity contribution in [2.45, 2.75) is 6.92 Å². The van der Waals surface area contributed by atoms with Crippen LogP contribution in [0.4, 0.5) is 5.69 Å². The number of amides is 1. The highest BCUT2D eigenvalue weighted by Crippen LogP contribution is 2.33.